The Bertz CT molecular complexity index is 581. The summed E-state index contributed by atoms with van der Waals surface area (Å²) in [7, 11) is -3.76. The molecule has 3 N–H and O–H groups in total. The number of benzene rings is 1. The van der Waals surface area contributed by atoms with Crippen LogP contribution in [-0.4, -0.2) is 27.7 Å². The molecule has 112 valence electrons. The van der Waals surface area contributed by atoms with Gasteiger partial charge >= 0.3 is 0 Å². The lowest BCUT2D eigenvalue weighted by molar-refractivity contribution is 0.107. The minimum atomic E-state index is -3.76. The van der Waals surface area contributed by atoms with Gasteiger partial charge in [0.1, 0.15) is 5.82 Å². The van der Waals surface area contributed by atoms with Crippen molar-refractivity contribution in [1.82, 2.24) is 4.72 Å². The summed E-state index contributed by atoms with van der Waals surface area (Å²) in [6, 6.07) is 2.26. The SMILES string of the molecule is Cc1c(N)cc(S(=O)(=O)NCC2CCOC2C)cc1F. The highest BCUT2D eigenvalue weighted by Crippen LogP contribution is 2.23. The van der Waals surface area contributed by atoms with Crippen molar-refractivity contribution in [3.8, 4) is 0 Å². The number of nitrogens with two attached hydrogens (primary N) is 1. The third-order valence-electron chi connectivity index (χ3n) is 3.74. The minimum absolute atomic E-state index is 0.0255. The molecule has 0 bridgehead atoms. The molecule has 1 heterocycles. The van der Waals surface area contributed by atoms with Crippen molar-refractivity contribution >= 4 is 15.7 Å². The van der Waals surface area contributed by atoms with Crippen LogP contribution in [0.4, 0.5) is 10.1 Å². The molecule has 0 saturated carbocycles. The van der Waals surface area contributed by atoms with E-state index in [0.717, 1.165) is 12.5 Å². The number of sulfonamides is 1. The summed E-state index contributed by atoms with van der Waals surface area (Å²) in [5, 5.41) is 0. The summed E-state index contributed by atoms with van der Waals surface area (Å²) in [6.45, 7) is 4.33. The second-order valence-electron chi connectivity index (χ2n) is 5.10. The van der Waals surface area contributed by atoms with E-state index >= 15 is 0 Å². The van der Waals surface area contributed by atoms with E-state index in [2.05, 4.69) is 4.72 Å². The van der Waals surface area contributed by atoms with Crippen LogP contribution in [0.25, 0.3) is 0 Å². The van der Waals surface area contributed by atoms with Gasteiger partial charge in [-0.25, -0.2) is 17.5 Å². The predicted molar refractivity (Wildman–Crippen MR) is 74.3 cm³/mol. The molecule has 0 radical (unpaired) electrons. The second kappa shape index (κ2) is 5.67. The maximum Gasteiger partial charge on any atom is 0.240 e. The van der Waals surface area contributed by atoms with Gasteiger partial charge < -0.3 is 10.5 Å². The summed E-state index contributed by atoms with van der Waals surface area (Å²) < 4.78 is 45.7. The van der Waals surface area contributed by atoms with Gasteiger partial charge in [-0.2, -0.15) is 0 Å². The minimum Gasteiger partial charge on any atom is -0.398 e. The Morgan fingerprint density at radius 3 is 2.75 bits per heavy atom. The summed E-state index contributed by atoms with van der Waals surface area (Å²) in [6.07, 6.45) is 0.839. The van der Waals surface area contributed by atoms with Crippen LogP contribution in [0.5, 0.6) is 0 Å². The van der Waals surface area contributed by atoms with Gasteiger partial charge in [-0.3, -0.25) is 0 Å². The Kier molecular flexibility index (Phi) is 4.31. The first-order valence-electron chi connectivity index (χ1n) is 6.48. The van der Waals surface area contributed by atoms with Gasteiger partial charge in [0.25, 0.3) is 0 Å². The fourth-order valence-electron chi connectivity index (χ4n) is 2.17. The van der Waals surface area contributed by atoms with Crippen molar-refractivity contribution < 1.29 is 17.5 Å². The summed E-state index contributed by atoms with van der Waals surface area (Å²) >= 11 is 0. The standard InChI is InChI=1S/C13H19FN2O3S/c1-8-12(14)5-11(6-13(8)15)20(17,18)16-7-10-3-4-19-9(10)2/h5-6,9-10,16H,3-4,7,15H2,1-2H3. The zero-order valence-corrected chi connectivity index (χ0v) is 12.3. The molecule has 0 aromatic heterocycles. The lowest BCUT2D eigenvalue weighted by Crippen LogP contribution is -2.32. The van der Waals surface area contributed by atoms with Gasteiger partial charge in [-0.15, -0.1) is 0 Å². The van der Waals surface area contributed by atoms with Crippen LogP contribution < -0.4 is 10.5 Å². The van der Waals surface area contributed by atoms with Crippen LogP contribution >= 0.6 is 0 Å². The normalized spacial score (nSPS) is 23.1. The van der Waals surface area contributed by atoms with E-state index in [-0.39, 0.29) is 34.7 Å². The maximum atomic E-state index is 13.6. The van der Waals surface area contributed by atoms with Gasteiger partial charge in [0.15, 0.2) is 0 Å². The summed E-state index contributed by atoms with van der Waals surface area (Å²) in [4.78, 5) is -0.148. The average Bonchev–Trinajstić information content (AvgIpc) is 2.78. The third-order valence-corrected chi connectivity index (χ3v) is 5.14. The number of nitrogens with one attached hydrogen (secondary N) is 1. The summed E-state index contributed by atoms with van der Waals surface area (Å²) in [5.74, 6) is -0.486. The lowest BCUT2D eigenvalue weighted by atomic mass is 10.0. The fourth-order valence-corrected chi connectivity index (χ4v) is 3.31. The molecule has 1 aliphatic rings. The topological polar surface area (TPSA) is 81.4 Å². The van der Waals surface area contributed by atoms with Gasteiger partial charge in [0, 0.05) is 30.3 Å². The van der Waals surface area contributed by atoms with E-state index in [1.165, 1.54) is 13.0 Å². The van der Waals surface area contributed by atoms with Gasteiger partial charge in [0.05, 0.1) is 11.0 Å². The Labute approximate surface area is 118 Å². The van der Waals surface area contributed by atoms with Crippen molar-refractivity contribution in [2.24, 2.45) is 5.92 Å². The third kappa shape index (κ3) is 3.11. The van der Waals surface area contributed by atoms with Crippen molar-refractivity contribution in [3.05, 3.63) is 23.5 Å². The molecule has 2 rings (SSSR count). The van der Waals surface area contributed by atoms with Gasteiger partial charge in [-0.05, 0) is 32.4 Å². The molecule has 2 atom stereocenters. The number of rotatable bonds is 4. The zero-order chi connectivity index (χ0) is 14.9. The average molecular weight is 302 g/mol. The van der Waals surface area contributed by atoms with E-state index in [1.54, 1.807) is 0 Å². The Balaban J connectivity index is 2.14. The maximum absolute atomic E-state index is 13.6. The van der Waals surface area contributed by atoms with E-state index in [1.807, 2.05) is 6.92 Å². The van der Waals surface area contributed by atoms with Crippen LogP contribution in [0, 0.1) is 18.7 Å². The molecule has 0 aliphatic carbocycles. The molecular formula is C13H19FN2O3S. The Morgan fingerprint density at radius 2 is 2.20 bits per heavy atom. The highest BCUT2D eigenvalue weighted by atomic mass is 32.2. The quantitative estimate of drug-likeness (QED) is 0.824. The molecule has 20 heavy (non-hydrogen) atoms. The molecule has 2 unspecified atom stereocenters. The number of ether oxygens (including phenoxy) is 1. The number of nitrogen functional groups attached to an aromatic ring is 1. The first-order valence-corrected chi connectivity index (χ1v) is 7.96. The molecule has 1 saturated heterocycles. The van der Waals surface area contributed by atoms with E-state index in [9.17, 15) is 12.8 Å². The van der Waals surface area contributed by atoms with Crippen molar-refractivity contribution in [2.45, 2.75) is 31.3 Å². The van der Waals surface area contributed by atoms with Gasteiger partial charge in [-0.1, -0.05) is 0 Å². The second-order valence-corrected chi connectivity index (χ2v) is 6.86. The molecular weight excluding hydrogens is 283 g/mol. The van der Waals surface area contributed by atoms with E-state index in [4.69, 9.17) is 10.5 Å². The number of hydrogen-bond acceptors (Lipinski definition) is 4. The van der Waals surface area contributed by atoms with Crippen LogP contribution in [-0.2, 0) is 14.8 Å². The van der Waals surface area contributed by atoms with E-state index in [0.29, 0.717) is 6.61 Å². The number of anilines is 1. The van der Waals surface area contributed by atoms with Gasteiger partial charge in [0.2, 0.25) is 10.0 Å². The fraction of sp³-hybridized carbons (Fsp3) is 0.538. The highest BCUT2D eigenvalue weighted by molar-refractivity contribution is 7.89. The van der Waals surface area contributed by atoms with Crippen LogP contribution in [0.1, 0.15) is 18.9 Å². The molecule has 1 aromatic rings. The molecule has 1 fully saturated rings. The molecule has 7 heteroatoms. The van der Waals surface area contributed by atoms with Crippen LogP contribution in [0.3, 0.4) is 0 Å². The smallest absolute Gasteiger partial charge is 0.240 e. The first kappa shape index (κ1) is 15.2. The number of halogens is 1. The van der Waals surface area contributed by atoms with Crippen molar-refractivity contribution in [1.29, 1.82) is 0 Å². The monoisotopic (exact) mass is 302 g/mol. The van der Waals surface area contributed by atoms with Crippen molar-refractivity contribution in [2.75, 3.05) is 18.9 Å². The lowest BCUT2D eigenvalue weighted by Gasteiger charge is -2.15. The molecule has 0 amide bonds. The molecule has 5 nitrogen and oxygen atoms in total. The largest absolute Gasteiger partial charge is 0.398 e. The van der Waals surface area contributed by atoms with E-state index < -0.39 is 15.8 Å². The molecule has 1 aliphatic heterocycles. The summed E-state index contributed by atoms with van der Waals surface area (Å²) in [5.41, 5.74) is 5.99. The van der Waals surface area contributed by atoms with Crippen LogP contribution in [0.2, 0.25) is 0 Å². The van der Waals surface area contributed by atoms with Crippen molar-refractivity contribution in [3.63, 3.8) is 0 Å². The Morgan fingerprint density at radius 1 is 1.50 bits per heavy atom. The Hall–Kier alpha value is -1.18. The number of hydrogen-bond donors (Lipinski definition) is 2. The molecule has 0 spiro atoms. The zero-order valence-electron chi connectivity index (χ0n) is 11.5. The molecule has 1 aromatic carbocycles. The highest BCUT2D eigenvalue weighted by Gasteiger charge is 2.26. The predicted octanol–water partition coefficient (Wildman–Crippen LogP) is 1.42. The first-order chi connectivity index (χ1) is 9.31. The van der Waals surface area contributed by atoms with Crippen LogP contribution in [0.15, 0.2) is 17.0 Å².